The van der Waals surface area contributed by atoms with Gasteiger partial charge in [0.1, 0.15) is 12.5 Å². The molecule has 0 amide bonds. The highest BCUT2D eigenvalue weighted by Gasteiger charge is 2.13. The van der Waals surface area contributed by atoms with Crippen molar-refractivity contribution >= 4 is 5.97 Å². The Hall–Kier alpha value is -1.46. The van der Waals surface area contributed by atoms with Gasteiger partial charge in [0, 0.05) is 0 Å². The number of tetrazole rings is 1. The Kier molecular flexibility index (Phi) is 4.73. The highest BCUT2D eigenvalue weighted by Crippen LogP contribution is 2.07. The minimum Gasteiger partial charge on any atom is -0.462 e. The number of rotatable bonds is 6. The molecule has 1 rings (SSSR count). The van der Waals surface area contributed by atoms with Gasteiger partial charge in [-0.25, -0.2) is 5.10 Å². The summed E-state index contributed by atoms with van der Waals surface area (Å²) in [5, 5.41) is 12.9. The lowest BCUT2D eigenvalue weighted by atomic mass is 10.1. The Bertz CT molecular complexity index is 286. The van der Waals surface area contributed by atoms with Gasteiger partial charge in [0.05, 0.1) is 0 Å². The molecule has 0 aromatic carbocycles. The van der Waals surface area contributed by atoms with E-state index in [0.29, 0.717) is 5.82 Å². The molecule has 15 heavy (non-hydrogen) atoms. The first-order valence-corrected chi connectivity index (χ1v) is 5.18. The average molecular weight is 212 g/mol. The summed E-state index contributed by atoms with van der Waals surface area (Å²) >= 11 is 0. The number of aromatic amines is 1. The van der Waals surface area contributed by atoms with E-state index < -0.39 is 0 Å². The first kappa shape index (κ1) is 11.6. The molecule has 0 fully saturated rings. The topological polar surface area (TPSA) is 80.8 Å². The van der Waals surface area contributed by atoms with Crippen LogP contribution in [0.1, 0.15) is 38.9 Å². The van der Waals surface area contributed by atoms with Crippen LogP contribution in [0.5, 0.6) is 0 Å². The molecule has 84 valence electrons. The standard InChI is InChI=1S/C9H16N4O2/c1-3-5-7(4-2)15-9(14)6-8-10-12-13-11-8/h7H,3-6H2,1-2H3,(H,10,11,12,13). The van der Waals surface area contributed by atoms with Gasteiger partial charge in [-0.1, -0.05) is 20.3 Å². The second-order valence-corrected chi connectivity index (χ2v) is 3.33. The van der Waals surface area contributed by atoms with Crippen LogP contribution in [-0.4, -0.2) is 32.7 Å². The molecular weight excluding hydrogens is 196 g/mol. The van der Waals surface area contributed by atoms with Gasteiger partial charge >= 0.3 is 5.97 Å². The van der Waals surface area contributed by atoms with Crippen molar-refractivity contribution in [3.8, 4) is 0 Å². The molecule has 0 radical (unpaired) electrons. The number of hydrogen-bond donors (Lipinski definition) is 1. The second kappa shape index (κ2) is 6.10. The molecule has 1 atom stereocenters. The van der Waals surface area contributed by atoms with Crippen LogP contribution >= 0.6 is 0 Å². The molecule has 0 saturated heterocycles. The van der Waals surface area contributed by atoms with Gasteiger partial charge < -0.3 is 4.74 Å². The summed E-state index contributed by atoms with van der Waals surface area (Å²) in [7, 11) is 0. The number of esters is 1. The minimum atomic E-state index is -0.283. The summed E-state index contributed by atoms with van der Waals surface area (Å²) in [5.41, 5.74) is 0. The number of nitrogens with one attached hydrogen (secondary N) is 1. The van der Waals surface area contributed by atoms with E-state index in [-0.39, 0.29) is 18.5 Å². The van der Waals surface area contributed by atoms with Gasteiger partial charge in [-0.3, -0.25) is 4.79 Å². The Balaban J connectivity index is 2.34. The van der Waals surface area contributed by atoms with Gasteiger partial charge in [0.2, 0.25) is 0 Å². The summed E-state index contributed by atoms with van der Waals surface area (Å²) < 4.78 is 5.26. The monoisotopic (exact) mass is 212 g/mol. The van der Waals surface area contributed by atoms with Crippen molar-refractivity contribution in [2.75, 3.05) is 0 Å². The van der Waals surface area contributed by atoms with Crippen molar-refractivity contribution in [2.24, 2.45) is 0 Å². The van der Waals surface area contributed by atoms with Gasteiger partial charge in [-0.05, 0) is 23.3 Å². The van der Waals surface area contributed by atoms with Crippen molar-refractivity contribution in [2.45, 2.75) is 45.6 Å². The Morgan fingerprint density at radius 1 is 1.53 bits per heavy atom. The third-order valence-corrected chi connectivity index (χ3v) is 2.07. The highest BCUT2D eigenvalue weighted by atomic mass is 16.5. The Morgan fingerprint density at radius 3 is 2.87 bits per heavy atom. The number of aromatic nitrogens is 4. The van der Waals surface area contributed by atoms with E-state index in [0.717, 1.165) is 19.3 Å². The first-order chi connectivity index (χ1) is 7.26. The predicted octanol–water partition coefficient (Wildman–Crippen LogP) is 0.864. The van der Waals surface area contributed by atoms with Crippen molar-refractivity contribution in [1.82, 2.24) is 20.6 Å². The van der Waals surface area contributed by atoms with Crippen LogP contribution in [0.3, 0.4) is 0 Å². The van der Waals surface area contributed by atoms with E-state index in [1.54, 1.807) is 0 Å². The molecule has 1 unspecified atom stereocenters. The molecule has 0 aliphatic heterocycles. The van der Waals surface area contributed by atoms with Crippen molar-refractivity contribution in [3.05, 3.63) is 5.82 Å². The number of hydrogen-bond acceptors (Lipinski definition) is 5. The van der Waals surface area contributed by atoms with Crippen LogP contribution in [0.2, 0.25) is 0 Å². The number of carbonyl (C=O) groups is 1. The molecule has 0 spiro atoms. The van der Waals surface area contributed by atoms with Crippen LogP contribution in [0, 0.1) is 0 Å². The van der Waals surface area contributed by atoms with E-state index >= 15 is 0 Å². The van der Waals surface area contributed by atoms with Gasteiger partial charge in [0.15, 0.2) is 5.82 Å². The lowest BCUT2D eigenvalue weighted by molar-refractivity contribution is -0.148. The maximum absolute atomic E-state index is 11.4. The SMILES string of the molecule is CCCC(CC)OC(=O)Cc1nnn[nH]1. The molecular formula is C9H16N4O2. The average Bonchev–Trinajstić information content (AvgIpc) is 2.69. The predicted molar refractivity (Wildman–Crippen MR) is 53.0 cm³/mol. The summed E-state index contributed by atoms with van der Waals surface area (Å²) in [6.45, 7) is 4.07. The van der Waals surface area contributed by atoms with Crippen LogP contribution in [0.25, 0.3) is 0 Å². The second-order valence-electron chi connectivity index (χ2n) is 3.33. The fourth-order valence-electron chi connectivity index (χ4n) is 1.29. The Morgan fingerprint density at radius 2 is 2.33 bits per heavy atom. The third-order valence-electron chi connectivity index (χ3n) is 2.07. The van der Waals surface area contributed by atoms with Crippen molar-refractivity contribution in [1.29, 1.82) is 0 Å². The molecule has 6 nitrogen and oxygen atoms in total. The number of nitrogens with zero attached hydrogens (tertiary/aromatic N) is 3. The highest BCUT2D eigenvalue weighted by molar-refractivity contribution is 5.71. The number of ether oxygens (including phenoxy) is 1. The van der Waals surface area contributed by atoms with E-state index in [1.807, 2.05) is 6.92 Å². The molecule has 6 heteroatoms. The lowest BCUT2D eigenvalue weighted by Gasteiger charge is -2.14. The molecule has 0 aliphatic rings. The van der Waals surface area contributed by atoms with Crippen LogP contribution in [0.4, 0.5) is 0 Å². The van der Waals surface area contributed by atoms with Crippen LogP contribution in [-0.2, 0) is 16.0 Å². The normalized spacial score (nSPS) is 12.4. The molecule has 1 heterocycles. The summed E-state index contributed by atoms with van der Waals surface area (Å²) in [5.74, 6) is 0.153. The quantitative estimate of drug-likeness (QED) is 0.707. The summed E-state index contributed by atoms with van der Waals surface area (Å²) in [6, 6.07) is 0. The number of H-pyrrole nitrogens is 1. The fourth-order valence-corrected chi connectivity index (χ4v) is 1.29. The maximum Gasteiger partial charge on any atom is 0.313 e. The van der Waals surface area contributed by atoms with E-state index in [1.165, 1.54) is 0 Å². The third kappa shape index (κ3) is 4.05. The lowest BCUT2D eigenvalue weighted by Crippen LogP contribution is -2.19. The smallest absolute Gasteiger partial charge is 0.313 e. The first-order valence-electron chi connectivity index (χ1n) is 5.18. The zero-order chi connectivity index (χ0) is 11.1. The fraction of sp³-hybridized carbons (Fsp3) is 0.778. The molecule has 0 aliphatic carbocycles. The molecule has 0 saturated carbocycles. The van der Waals surface area contributed by atoms with E-state index in [2.05, 4.69) is 27.5 Å². The molecule has 1 aromatic heterocycles. The molecule has 1 aromatic rings. The van der Waals surface area contributed by atoms with Crippen LogP contribution in [0.15, 0.2) is 0 Å². The largest absolute Gasteiger partial charge is 0.462 e. The number of carbonyl (C=O) groups excluding carboxylic acids is 1. The summed E-state index contributed by atoms with van der Waals surface area (Å²) in [4.78, 5) is 11.4. The Labute approximate surface area is 88.4 Å². The minimum absolute atomic E-state index is 0.0124. The van der Waals surface area contributed by atoms with E-state index in [9.17, 15) is 4.79 Å². The van der Waals surface area contributed by atoms with Crippen molar-refractivity contribution < 1.29 is 9.53 Å². The van der Waals surface area contributed by atoms with Crippen LogP contribution < -0.4 is 0 Å². The van der Waals surface area contributed by atoms with Gasteiger partial charge in [0.25, 0.3) is 0 Å². The van der Waals surface area contributed by atoms with Gasteiger partial charge in [-0.2, -0.15) is 0 Å². The zero-order valence-corrected chi connectivity index (χ0v) is 9.06. The molecule has 1 N–H and O–H groups in total. The van der Waals surface area contributed by atoms with Crippen molar-refractivity contribution in [3.63, 3.8) is 0 Å². The summed E-state index contributed by atoms with van der Waals surface area (Å²) in [6.07, 6.45) is 2.87. The molecule has 0 bridgehead atoms. The van der Waals surface area contributed by atoms with Gasteiger partial charge in [-0.15, -0.1) is 5.10 Å². The zero-order valence-electron chi connectivity index (χ0n) is 9.06. The maximum atomic E-state index is 11.4. The van der Waals surface area contributed by atoms with E-state index in [4.69, 9.17) is 4.74 Å².